The molecule has 0 fully saturated rings. The van der Waals surface area contributed by atoms with Gasteiger partial charge in [-0.3, -0.25) is 14.2 Å². The normalized spacial score (nSPS) is 11.4. The molecule has 0 saturated heterocycles. The number of rotatable bonds is 11. The lowest BCUT2D eigenvalue weighted by atomic mass is 10.1. The number of alkyl halides is 3. The number of nitrogens with one attached hydrogen (secondary N) is 3. The molecule has 2 amide bonds. The maximum Gasteiger partial charge on any atom is 0.446 e. The van der Waals surface area contributed by atoms with Crippen molar-refractivity contribution in [2.75, 3.05) is 17.2 Å². The molecule has 4 aromatic carbocycles. The van der Waals surface area contributed by atoms with Crippen LogP contribution >= 0.6 is 35.1 Å². The maximum atomic E-state index is 13.7. The second-order valence-corrected chi connectivity index (χ2v) is 12.7. The van der Waals surface area contributed by atoms with Gasteiger partial charge in [-0.1, -0.05) is 41.9 Å². The van der Waals surface area contributed by atoms with Gasteiger partial charge in [0.1, 0.15) is 0 Å². The Kier molecular flexibility index (Phi) is 10.8. The van der Waals surface area contributed by atoms with Gasteiger partial charge in [-0.25, -0.2) is 4.79 Å². The van der Waals surface area contributed by atoms with Gasteiger partial charge in [0.2, 0.25) is 0 Å². The molecular weight excluding hydrogens is 673 g/mol. The fourth-order valence-corrected chi connectivity index (χ4v) is 6.23. The largest absolute Gasteiger partial charge is 0.480 e. The van der Waals surface area contributed by atoms with Crippen LogP contribution in [-0.2, 0) is 17.1 Å². The fourth-order valence-electron chi connectivity index (χ4n) is 4.66. The summed E-state index contributed by atoms with van der Waals surface area (Å²) in [5.74, 6) is -0.832. The van der Waals surface area contributed by atoms with Crippen molar-refractivity contribution < 1.29 is 32.7 Å². The number of carboxylic acids is 1. The predicted octanol–water partition coefficient (Wildman–Crippen LogP) is 8.71. The summed E-state index contributed by atoms with van der Waals surface area (Å²) in [5, 5.41) is 18.3. The van der Waals surface area contributed by atoms with E-state index < -0.39 is 17.5 Å². The smallest absolute Gasteiger partial charge is 0.446 e. The molecule has 0 radical (unpaired) electrons. The van der Waals surface area contributed by atoms with Crippen LogP contribution in [0, 0.1) is 0 Å². The zero-order valence-corrected chi connectivity index (χ0v) is 26.7. The number of hydrogen-bond acceptors (Lipinski definition) is 6. The molecule has 0 saturated carbocycles. The highest BCUT2D eigenvalue weighted by Gasteiger charge is 2.29. The number of aliphatic carboxylic acids is 1. The number of urea groups is 1. The Bertz CT molecular complexity index is 1920. The summed E-state index contributed by atoms with van der Waals surface area (Å²) in [7, 11) is 0. The molecule has 14 heteroatoms. The van der Waals surface area contributed by atoms with E-state index in [4.69, 9.17) is 16.7 Å². The Morgan fingerprint density at radius 1 is 0.872 bits per heavy atom. The molecule has 0 aliphatic rings. The van der Waals surface area contributed by atoms with E-state index in [1.807, 2.05) is 12.1 Å². The number of carbonyl (C=O) groups is 3. The highest BCUT2D eigenvalue weighted by atomic mass is 35.5. The number of benzene rings is 4. The van der Waals surface area contributed by atoms with Crippen LogP contribution in [0.2, 0.25) is 5.02 Å². The highest BCUT2D eigenvalue weighted by Crippen LogP contribution is 2.37. The Hall–Kier alpha value is -4.43. The van der Waals surface area contributed by atoms with E-state index in [2.05, 4.69) is 16.0 Å². The maximum absolute atomic E-state index is 13.7. The van der Waals surface area contributed by atoms with E-state index in [1.54, 1.807) is 66.7 Å². The zero-order valence-electron chi connectivity index (χ0n) is 24.3. The number of nitrogens with zero attached hydrogens (tertiary/aromatic N) is 1. The van der Waals surface area contributed by atoms with Crippen LogP contribution in [0.5, 0.6) is 0 Å². The van der Waals surface area contributed by atoms with Crippen molar-refractivity contribution in [2.45, 2.75) is 27.6 Å². The fraction of sp³-hybridized carbons (Fsp3) is 0.121. The summed E-state index contributed by atoms with van der Waals surface area (Å²) in [4.78, 5) is 38.7. The first-order valence-electron chi connectivity index (χ1n) is 14.0. The lowest BCUT2D eigenvalue weighted by Crippen LogP contribution is -2.23. The molecule has 1 aromatic heterocycles. The first-order valence-corrected chi connectivity index (χ1v) is 16.1. The number of carbonyl (C=O) groups excluding carboxylic acids is 2. The van der Waals surface area contributed by atoms with Gasteiger partial charge in [0.25, 0.3) is 5.91 Å². The van der Waals surface area contributed by atoms with Gasteiger partial charge in [-0.05, 0) is 83.6 Å². The molecule has 0 unspecified atom stereocenters. The standard InChI is InChI=1S/C33H26ClF3N4O4S2/c34-22-7-14-29-27(15-22)28(18-41(29)31(44)26-4-2-1-3-21(26)16-38-17-30(42)43)40-32(45)39-23-8-12-24(13-9-23)46-19-20-5-10-25(11-6-20)47-33(35,36)37/h1-15,18,38H,16-17,19H2,(H,42,43)(H2,39,40,45). The van der Waals surface area contributed by atoms with E-state index in [0.717, 1.165) is 10.5 Å². The number of amides is 2. The van der Waals surface area contributed by atoms with Crippen molar-refractivity contribution in [3.63, 3.8) is 0 Å². The molecule has 8 nitrogen and oxygen atoms in total. The number of aromatic nitrogens is 1. The topological polar surface area (TPSA) is 112 Å². The summed E-state index contributed by atoms with van der Waals surface area (Å²) >= 11 is 7.61. The van der Waals surface area contributed by atoms with Crippen LogP contribution in [0.25, 0.3) is 10.9 Å². The summed E-state index contributed by atoms with van der Waals surface area (Å²) in [6.07, 6.45) is 1.51. The molecule has 242 valence electrons. The molecule has 1 heterocycles. The van der Waals surface area contributed by atoms with E-state index in [1.165, 1.54) is 34.7 Å². The second-order valence-electron chi connectivity index (χ2n) is 10.1. The van der Waals surface area contributed by atoms with E-state index in [-0.39, 0.29) is 35.7 Å². The Balaban J connectivity index is 1.25. The van der Waals surface area contributed by atoms with Gasteiger partial charge in [0, 0.05) is 49.9 Å². The lowest BCUT2D eigenvalue weighted by molar-refractivity contribution is -0.136. The van der Waals surface area contributed by atoms with Crippen LogP contribution in [0.3, 0.4) is 0 Å². The van der Waals surface area contributed by atoms with Crippen molar-refractivity contribution in [1.29, 1.82) is 0 Å². The van der Waals surface area contributed by atoms with Gasteiger partial charge in [-0.2, -0.15) is 13.2 Å². The third-order valence-corrected chi connectivity index (χ3v) is 8.81. The summed E-state index contributed by atoms with van der Waals surface area (Å²) < 4.78 is 39.1. The molecule has 0 bridgehead atoms. The minimum absolute atomic E-state index is 0.132. The van der Waals surface area contributed by atoms with Gasteiger partial charge < -0.3 is 21.1 Å². The first-order chi connectivity index (χ1) is 22.4. The summed E-state index contributed by atoms with van der Waals surface area (Å²) in [5.41, 5.74) is -1.10. The average Bonchev–Trinajstić information content (AvgIpc) is 3.37. The minimum Gasteiger partial charge on any atom is -0.480 e. The third-order valence-electron chi connectivity index (χ3n) is 6.75. The number of fused-ring (bicyclic) bond motifs is 1. The van der Waals surface area contributed by atoms with Crippen molar-refractivity contribution in [2.24, 2.45) is 0 Å². The van der Waals surface area contributed by atoms with E-state index in [0.29, 0.717) is 44.2 Å². The van der Waals surface area contributed by atoms with Gasteiger partial charge in [-0.15, -0.1) is 11.8 Å². The summed E-state index contributed by atoms with van der Waals surface area (Å²) in [6.45, 7) is -0.0926. The van der Waals surface area contributed by atoms with Crippen LogP contribution in [-0.4, -0.2) is 39.6 Å². The number of carboxylic acid groups (broad SMARTS) is 1. The zero-order chi connectivity index (χ0) is 33.6. The SMILES string of the molecule is O=C(O)CNCc1ccccc1C(=O)n1cc(NC(=O)Nc2ccc(SCc3ccc(SC(F)(F)F)cc3)cc2)c2cc(Cl)ccc21. The number of hydrogen-bond donors (Lipinski definition) is 4. The Morgan fingerprint density at radius 3 is 2.28 bits per heavy atom. The van der Waals surface area contributed by atoms with Crippen LogP contribution in [0.15, 0.2) is 107 Å². The molecule has 4 N–H and O–H groups in total. The van der Waals surface area contributed by atoms with Crippen LogP contribution < -0.4 is 16.0 Å². The molecule has 0 spiro atoms. The highest BCUT2D eigenvalue weighted by molar-refractivity contribution is 8.00. The Morgan fingerprint density at radius 2 is 1.57 bits per heavy atom. The monoisotopic (exact) mass is 698 g/mol. The first kappa shape index (κ1) is 33.9. The molecule has 0 atom stereocenters. The lowest BCUT2D eigenvalue weighted by Gasteiger charge is -2.10. The van der Waals surface area contributed by atoms with Gasteiger partial charge >= 0.3 is 17.5 Å². The molecule has 0 aliphatic heterocycles. The van der Waals surface area contributed by atoms with E-state index >= 15 is 0 Å². The molecular formula is C33H26ClF3N4O4S2. The molecule has 47 heavy (non-hydrogen) atoms. The summed E-state index contributed by atoms with van der Waals surface area (Å²) in [6, 6.07) is 24.6. The van der Waals surface area contributed by atoms with Gasteiger partial charge in [0.05, 0.1) is 17.7 Å². The van der Waals surface area contributed by atoms with Crippen molar-refractivity contribution in [3.8, 4) is 0 Å². The molecule has 0 aliphatic carbocycles. The number of anilines is 2. The van der Waals surface area contributed by atoms with Crippen molar-refractivity contribution >= 4 is 75.3 Å². The molecule has 5 aromatic rings. The predicted molar refractivity (Wildman–Crippen MR) is 179 cm³/mol. The average molecular weight is 699 g/mol. The molecule has 5 rings (SSSR count). The van der Waals surface area contributed by atoms with Crippen LogP contribution in [0.4, 0.5) is 29.3 Å². The van der Waals surface area contributed by atoms with Crippen molar-refractivity contribution in [1.82, 2.24) is 9.88 Å². The quantitative estimate of drug-likeness (QED) is 0.102. The Labute approximate surface area is 280 Å². The minimum atomic E-state index is -4.33. The second kappa shape index (κ2) is 15.0. The third kappa shape index (κ3) is 9.32. The number of thioether (sulfide) groups is 2. The van der Waals surface area contributed by atoms with Gasteiger partial charge in [0.15, 0.2) is 0 Å². The van der Waals surface area contributed by atoms with Crippen LogP contribution in [0.1, 0.15) is 21.5 Å². The van der Waals surface area contributed by atoms with E-state index in [9.17, 15) is 27.6 Å². The van der Waals surface area contributed by atoms with Crippen molar-refractivity contribution in [3.05, 3.63) is 119 Å². The number of halogens is 4.